The van der Waals surface area contributed by atoms with Crippen molar-refractivity contribution in [3.8, 4) is 0 Å². The minimum Gasteiger partial charge on any atom is -0.0613 e. The second-order valence-corrected chi connectivity index (χ2v) is 5.18. The summed E-state index contributed by atoms with van der Waals surface area (Å²) in [7, 11) is 0. The molecule has 74 valence electrons. The van der Waals surface area contributed by atoms with Crippen LogP contribution in [0.4, 0.5) is 0 Å². The lowest BCUT2D eigenvalue weighted by atomic mass is 9.86. The maximum atomic E-state index is 2.45. The predicted octanol–water partition coefficient (Wildman–Crippen LogP) is 3.91. The molecule has 0 spiro atoms. The molecule has 0 saturated heterocycles. The summed E-state index contributed by atoms with van der Waals surface area (Å²) in [6.45, 7) is 7.01. The van der Waals surface area contributed by atoms with Crippen molar-refractivity contribution in [3.63, 3.8) is 0 Å². The van der Waals surface area contributed by atoms with E-state index in [4.69, 9.17) is 0 Å². The summed E-state index contributed by atoms with van der Waals surface area (Å²) in [4.78, 5) is 0. The third-order valence-electron chi connectivity index (χ3n) is 4.52. The Bertz CT molecular complexity index is 352. The van der Waals surface area contributed by atoms with E-state index in [9.17, 15) is 0 Å². The lowest BCUT2D eigenvalue weighted by Crippen LogP contribution is -2.02. The monoisotopic (exact) mass is 186 g/mol. The highest BCUT2D eigenvalue weighted by Crippen LogP contribution is 2.58. The minimum absolute atomic E-state index is 0.884. The fourth-order valence-electron chi connectivity index (χ4n) is 3.82. The van der Waals surface area contributed by atoms with E-state index in [1.165, 1.54) is 24.0 Å². The number of hydrogen-bond donors (Lipinski definition) is 0. The molecule has 0 amide bonds. The number of fused-ring (bicyclic) bond motifs is 5. The van der Waals surface area contributed by atoms with E-state index in [2.05, 4.69) is 32.9 Å². The fraction of sp³-hybridized carbons (Fsp3) is 0.571. The SMILES string of the molecule is Cc1ccc(C)c2c1C1CCC2C1C. The molecule has 2 atom stereocenters. The Morgan fingerprint density at radius 2 is 1.36 bits per heavy atom. The Hall–Kier alpha value is -0.780. The molecule has 2 aliphatic rings. The average molecular weight is 186 g/mol. The van der Waals surface area contributed by atoms with Crippen LogP contribution >= 0.6 is 0 Å². The molecular weight excluding hydrogens is 168 g/mol. The van der Waals surface area contributed by atoms with Crippen LogP contribution in [0.3, 0.4) is 0 Å². The van der Waals surface area contributed by atoms with Crippen molar-refractivity contribution in [1.82, 2.24) is 0 Å². The highest BCUT2D eigenvalue weighted by molar-refractivity contribution is 5.50. The van der Waals surface area contributed by atoms with Crippen LogP contribution in [-0.2, 0) is 0 Å². The van der Waals surface area contributed by atoms with Crippen LogP contribution in [0.5, 0.6) is 0 Å². The van der Waals surface area contributed by atoms with Gasteiger partial charge in [-0.2, -0.15) is 0 Å². The molecule has 2 unspecified atom stereocenters. The van der Waals surface area contributed by atoms with Gasteiger partial charge in [0.05, 0.1) is 0 Å². The number of benzene rings is 1. The molecule has 0 heterocycles. The van der Waals surface area contributed by atoms with Gasteiger partial charge in [0, 0.05) is 0 Å². The normalized spacial score (nSPS) is 33.5. The third-order valence-corrected chi connectivity index (χ3v) is 4.52. The first-order valence-corrected chi connectivity index (χ1v) is 5.80. The van der Waals surface area contributed by atoms with E-state index in [1.54, 1.807) is 11.1 Å². The second kappa shape index (κ2) is 2.62. The lowest BCUT2D eigenvalue weighted by Gasteiger charge is -2.19. The minimum atomic E-state index is 0.884. The summed E-state index contributed by atoms with van der Waals surface area (Å²) in [5, 5.41) is 0. The molecule has 3 rings (SSSR count). The van der Waals surface area contributed by atoms with Gasteiger partial charge in [-0.25, -0.2) is 0 Å². The van der Waals surface area contributed by atoms with Crippen molar-refractivity contribution >= 4 is 0 Å². The summed E-state index contributed by atoms with van der Waals surface area (Å²) in [5.41, 5.74) is 6.50. The quantitative estimate of drug-likeness (QED) is 0.576. The summed E-state index contributed by atoms with van der Waals surface area (Å²) < 4.78 is 0. The third kappa shape index (κ3) is 0.846. The van der Waals surface area contributed by atoms with Crippen molar-refractivity contribution in [3.05, 3.63) is 34.4 Å². The average Bonchev–Trinajstić information content (AvgIpc) is 2.67. The molecule has 0 heteroatoms. The molecule has 0 radical (unpaired) electrons. The van der Waals surface area contributed by atoms with Gasteiger partial charge in [0.1, 0.15) is 0 Å². The molecule has 1 fully saturated rings. The molecular formula is C14H18. The zero-order chi connectivity index (χ0) is 9.87. The highest BCUT2D eigenvalue weighted by atomic mass is 14.5. The summed E-state index contributed by atoms with van der Waals surface area (Å²) in [6, 6.07) is 4.61. The first-order valence-electron chi connectivity index (χ1n) is 5.80. The Balaban J connectivity index is 2.28. The molecule has 1 aromatic carbocycles. The standard InChI is InChI=1S/C14H18/c1-8-4-5-9(2)14-12-7-6-11(10(12)3)13(8)14/h4-5,10-12H,6-7H2,1-3H3. The van der Waals surface area contributed by atoms with E-state index < -0.39 is 0 Å². The first kappa shape index (κ1) is 8.52. The molecule has 0 nitrogen and oxygen atoms in total. The maximum absolute atomic E-state index is 2.45. The molecule has 0 aliphatic heterocycles. The second-order valence-electron chi connectivity index (χ2n) is 5.18. The number of hydrogen-bond acceptors (Lipinski definition) is 0. The van der Waals surface area contributed by atoms with Crippen LogP contribution < -0.4 is 0 Å². The van der Waals surface area contributed by atoms with E-state index in [-0.39, 0.29) is 0 Å². The molecule has 2 bridgehead atoms. The van der Waals surface area contributed by atoms with Crippen LogP contribution in [0.25, 0.3) is 0 Å². The molecule has 14 heavy (non-hydrogen) atoms. The van der Waals surface area contributed by atoms with E-state index in [1.807, 2.05) is 0 Å². The lowest BCUT2D eigenvalue weighted by molar-refractivity contribution is 0.530. The summed E-state index contributed by atoms with van der Waals surface area (Å²) in [6.07, 6.45) is 2.87. The van der Waals surface area contributed by atoms with Gasteiger partial charge in [0.15, 0.2) is 0 Å². The van der Waals surface area contributed by atoms with Crippen molar-refractivity contribution < 1.29 is 0 Å². The topological polar surface area (TPSA) is 0 Å². The fourth-order valence-corrected chi connectivity index (χ4v) is 3.82. The van der Waals surface area contributed by atoms with Crippen LogP contribution in [0.2, 0.25) is 0 Å². The zero-order valence-corrected chi connectivity index (χ0v) is 9.30. The molecule has 2 aliphatic carbocycles. The van der Waals surface area contributed by atoms with Crippen LogP contribution in [0.15, 0.2) is 12.1 Å². The van der Waals surface area contributed by atoms with E-state index >= 15 is 0 Å². The Morgan fingerprint density at radius 3 is 1.79 bits per heavy atom. The largest absolute Gasteiger partial charge is 0.0613 e. The van der Waals surface area contributed by atoms with Crippen molar-refractivity contribution in [2.75, 3.05) is 0 Å². The molecule has 0 aromatic heterocycles. The first-order chi connectivity index (χ1) is 6.70. The van der Waals surface area contributed by atoms with Gasteiger partial charge in [0.25, 0.3) is 0 Å². The molecule has 0 N–H and O–H groups in total. The van der Waals surface area contributed by atoms with E-state index in [0.717, 1.165) is 17.8 Å². The van der Waals surface area contributed by atoms with Gasteiger partial charge in [0.2, 0.25) is 0 Å². The Kier molecular flexibility index (Phi) is 1.60. The van der Waals surface area contributed by atoms with Gasteiger partial charge >= 0.3 is 0 Å². The number of rotatable bonds is 0. The highest BCUT2D eigenvalue weighted by Gasteiger charge is 2.44. The Morgan fingerprint density at radius 1 is 0.929 bits per heavy atom. The van der Waals surface area contributed by atoms with Crippen molar-refractivity contribution in [2.45, 2.75) is 45.4 Å². The summed E-state index contributed by atoms with van der Waals surface area (Å²) in [5.74, 6) is 2.68. The van der Waals surface area contributed by atoms with Crippen molar-refractivity contribution in [1.29, 1.82) is 0 Å². The molecule has 1 saturated carbocycles. The predicted molar refractivity (Wildman–Crippen MR) is 59.8 cm³/mol. The van der Waals surface area contributed by atoms with E-state index in [0.29, 0.717) is 0 Å². The van der Waals surface area contributed by atoms with Gasteiger partial charge in [-0.1, -0.05) is 19.1 Å². The van der Waals surface area contributed by atoms with Crippen molar-refractivity contribution in [2.24, 2.45) is 5.92 Å². The van der Waals surface area contributed by atoms with Crippen LogP contribution in [0, 0.1) is 19.8 Å². The van der Waals surface area contributed by atoms with Gasteiger partial charge < -0.3 is 0 Å². The van der Waals surface area contributed by atoms with Gasteiger partial charge in [-0.15, -0.1) is 0 Å². The molecule has 1 aromatic rings. The zero-order valence-electron chi connectivity index (χ0n) is 9.30. The van der Waals surface area contributed by atoms with Crippen LogP contribution in [0.1, 0.15) is 53.9 Å². The summed E-state index contributed by atoms with van der Waals surface area (Å²) >= 11 is 0. The van der Waals surface area contributed by atoms with Gasteiger partial charge in [-0.3, -0.25) is 0 Å². The Labute approximate surface area is 86.3 Å². The maximum Gasteiger partial charge on any atom is -0.0125 e. The smallest absolute Gasteiger partial charge is 0.0125 e. The van der Waals surface area contributed by atoms with Gasteiger partial charge in [-0.05, 0) is 66.7 Å². The van der Waals surface area contributed by atoms with Crippen LogP contribution in [-0.4, -0.2) is 0 Å². The number of aryl methyl sites for hydroxylation is 2.